The first-order chi connectivity index (χ1) is 17.5. The number of nitrogens with one attached hydrogen (secondary N) is 1. The van der Waals surface area contributed by atoms with Crippen LogP contribution in [0.2, 0.25) is 0 Å². The summed E-state index contributed by atoms with van der Waals surface area (Å²) in [6.45, 7) is 2.83. The van der Waals surface area contributed by atoms with Gasteiger partial charge in [-0.2, -0.15) is 0 Å². The van der Waals surface area contributed by atoms with E-state index in [2.05, 4.69) is 5.32 Å². The molecule has 3 aromatic carbocycles. The molecular formula is C29H28N2O5. The highest BCUT2D eigenvalue weighted by Gasteiger charge is 2.21. The van der Waals surface area contributed by atoms with Crippen LogP contribution >= 0.6 is 0 Å². The Morgan fingerprint density at radius 1 is 0.972 bits per heavy atom. The average molecular weight is 485 g/mol. The molecule has 0 radical (unpaired) electrons. The third-order valence-corrected chi connectivity index (χ3v) is 5.65. The van der Waals surface area contributed by atoms with Gasteiger partial charge in [0.25, 0.3) is 5.91 Å². The van der Waals surface area contributed by atoms with Crippen molar-refractivity contribution in [2.75, 3.05) is 30.0 Å². The van der Waals surface area contributed by atoms with Crippen LogP contribution in [0.5, 0.6) is 11.5 Å². The highest BCUT2D eigenvalue weighted by Crippen LogP contribution is 2.29. The smallest absolute Gasteiger partial charge is 0.262 e. The lowest BCUT2D eigenvalue weighted by molar-refractivity contribution is -0.118. The molecule has 1 N–H and O–H groups in total. The lowest BCUT2D eigenvalue weighted by Gasteiger charge is -2.15. The predicted molar refractivity (Wildman–Crippen MR) is 140 cm³/mol. The van der Waals surface area contributed by atoms with Crippen molar-refractivity contribution in [3.63, 3.8) is 0 Å². The molecule has 0 bridgehead atoms. The Labute approximate surface area is 210 Å². The summed E-state index contributed by atoms with van der Waals surface area (Å²) in [7, 11) is 0. The molecule has 184 valence electrons. The number of anilines is 2. The number of hydrogen-bond acceptors (Lipinski definition) is 5. The number of hydrogen-bond donors (Lipinski definition) is 1. The maximum atomic E-state index is 12.7. The second kappa shape index (κ2) is 11.8. The number of carbonyl (C=O) groups excluding carboxylic acids is 3. The zero-order valence-electron chi connectivity index (χ0n) is 20.1. The standard InChI is InChI=1S/C29H28N2O5/c1-2-35-27-19-21(11-17-26(27)36-20-28(33)30-23-7-4-3-5-8-23)10-16-25(32)22-12-14-24(15-13-22)31-18-6-9-29(31)34/h3-5,7-8,10-17,19H,2,6,9,18,20H2,1H3,(H,30,33)/b16-10+. The molecule has 1 saturated heterocycles. The summed E-state index contributed by atoms with van der Waals surface area (Å²) in [5.41, 5.74) is 2.80. The minimum absolute atomic E-state index is 0.114. The quantitative estimate of drug-likeness (QED) is 0.319. The van der Waals surface area contributed by atoms with Crippen LogP contribution in [-0.2, 0) is 9.59 Å². The summed E-state index contributed by atoms with van der Waals surface area (Å²) < 4.78 is 11.4. The molecule has 0 spiro atoms. The minimum atomic E-state index is -0.279. The molecule has 4 rings (SSSR count). The number of allylic oxidation sites excluding steroid dienone is 1. The topological polar surface area (TPSA) is 84.9 Å². The highest BCUT2D eigenvalue weighted by molar-refractivity contribution is 6.07. The summed E-state index contributed by atoms with van der Waals surface area (Å²) in [5.74, 6) is 0.613. The second-order valence-electron chi connectivity index (χ2n) is 8.24. The van der Waals surface area contributed by atoms with E-state index in [1.807, 2.05) is 25.1 Å². The second-order valence-corrected chi connectivity index (χ2v) is 8.24. The molecule has 0 atom stereocenters. The van der Waals surface area contributed by atoms with Crippen molar-refractivity contribution in [3.8, 4) is 11.5 Å². The average Bonchev–Trinajstić information content (AvgIpc) is 3.33. The van der Waals surface area contributed by atoms with Crippen LogP contribution < -0.4 is 19.7 Å². The summed E-state index contributed by atoms with van der Waals surface area (Å²) in [4.78, 5) is 38.5. The van der Waals surface area contributed by atoms with Gasteiger partial charge in [-0.3, -0.25) is 14.4 Å². The Morgan fingerprint density at radius 2 is 1.75 bits per heavy atom. The number of ketones is 1. The Kier molecular flexibility index (Phi) is 8.13. The van der Waals surface area contributed by atoms with Gasteiger partial charge in [-0.05, 0) is 73.5 Å². The Morgan fingerprint density at radius 3 is 2.44 bits per heavy atom. The van der Waals surface area contributed by atoms with Gasteiger partial charge in [0.15, 0.2) is 23.9 Å². The normalized spacial score (nSPS) is 13.1. The summed E-state index contributed by atoms with van der Waals surface area (Å²) in [6.07, 6.45) is 4.62. The van der Waals surface area contributed by atoms with Gasteiger partial charge in [-0.25, -0.2) is 0 Å². The van der Waals surface area contributed by atoms with E-state index in [0.29, 0.717) is 42.3 Å². The number of ether oxygens (including phenoxy) is 2. The van der Waals surface area contributed by atoms with Gasteiger partial charge in [0.1, 0.15) is 0 Å². The van der Waals surface area contributed by atoms with Crippen LogP contribution in [-0.4, -0.2) is 37.4 Å². The lowest BCUT2D eigenvalue weighted by atomic mass is 10.1. The lowest BCUT2D eigenvalue weighted by Crippen LogP contribution is -2.23. The van der Waals surface area contributed by atoms with Crippen molar-refractivity contribution >= 4 is 35.0 Å². The van der Waals surface area contributed by atoms with Crippen LogP contribution in [0.15, 0.2) is 78.9 Å². The molecular weight excluding hydrogens is 456 g/mol. The Balaban J connectivity index is 1.38. The minimum Gasteiger partial charge on any atom is -0.490 e. The van der Waals surface area contributed by atoms with Gasteiger partial charge in [-0.15, -0.1) is 0 Å². The maximum absolute atomic E-state index is 12.7. The van der Waals surface area contributed by atoms with E-state index in [1.165, 1.54) is 6.08 Å². The molecule has 1 fully saturated rings. The zero-order valence-corrected chi connectivity index (χ0v) is 20.1. The van der Waals surface area contributed by atoms with E-state index < -0.39 is 0 Å². The highest BCUT2D eigenvalue weighted by atomic mass is 16.5. The first-order valence-corrected chi connectivity index (χ1v) is 11.9. The van der Waals surface area contributed by atoms with Gasteiger partial charge in [0, 0.05) is 29.9 Å². The van der Waals surface area contributed by atoms with Crippen LogP contribution in [0.3, 0.4) is 0 Å². The zero-order chi connectivity index (χ0) is 25.3. The number of para-hydroxylation sites is 1. The monoisotopic (exact) mass is 484 g/mol. The third-order valence-electron chi connectivity index (χ3n) is 5.65. The van der Waals surface area contributed by atoms with Crippen LogP contribution in [0.4, 0.5) is 11.4 Å². The molecule has 0 saturated carbocycles. The molecule has 36 heavy (non-hydrogen) atoms. The summed E-state index contributed by atoms with van der Waals surface area (Å²) in [5, 5.41) is 2.77. The molecule has 7 nitrogen and oxygen atoms in total. The molecule has 3 aromatic rings. The molecule has 1 aliphatic heterocycles. The van der Waals surface area contributed by atoms with E-state index in [4.69, 9.17) is 9.47 Å². The number of nitrogens with zero attached hydrogens (tertiary/aromatic N) is 1. The van der Waals surface area contributed by atoms with Crippen LogP contribution in [0, 0.1) is 0 Å². The molecule has 0 aliphatic carbocycles. The number of rotatable bonds is 10. The van der Waals surface area contributed by atoms with Gasteiger partial charge in [-0.1, -0.05) is 30.3 Å². The molecule has 0 unspecified atom stereocenters. The summed E-state index contributed by atoms with van der Waals surface area (Å²) >= 11 is 0. The molecule has 0 aromatic heterocycles. The maximum Gasteiger partial charge on any atom is 0.262 e. The van der Waals surface area contributed by atoms with Crippen molar-refractivity contribution in [3.05, 3.63) is 90.0 Å². The molecule has 7 heteroatoms. The van der Waals surface area contributed by atoms with Crippen molar-refractivity contribution in [2.45, 2.75) is 19.8 Å². The van der Waals surface area contributed by atoms with E-state index in [-0.39, 0.29) is 24.2 Å². The SMILES string of the molecule is CCOc1cc(/C=C/C(=O)c2ccc(N3CCCC3=O)cc2)ccc1OCC(=O)Nc1ccccc1. The largest absolute Gasteiger partial charge is 0.490 e. The Hall–Kier alpha value is -4.39. The number of benzene rings is 3. The summed E-state index contributed by atoms with van der Waals surface area (Å²) in [6, 6.07) is 21.5. The molecule has 1 heterocycles. The molecule has 1 aliphatic rings. The van der Waals surface area contributed by atoms with E-state index in [0.717, 1.165) is 17.7 Å². The van der Waals surface area contributed by atoms with E-state index in [9.17, 15) is 14.4 Å². The number of carbonyl (C=O) groups is 3. The van der Waals surface area contributed by atoms with Crippen molar-refractivity contribution < 1.29 is 23.9 Å². The number of amides is 2. The Bertz CT molecular complexity index is 1250. The van der Waals surface area contributed by atoms with Gasteiger partial charge in [0.05, 0.1) is 6.61 Å². The van der Waals surface area contributed by atoms with Gasteiger partial charge in [0.2, 0.25) is 5.91 Å². The van der Waals surface area contributed by atoms with E-state index >= 15 is 0 Å². The van der Waals surface area contributed by atoms with Crippen LogP contribution in [0.1, 0.15) is 35.7 Å². The first-order valence-electron chi connectivity index (χ1n) is 11.9. The molecule has 2 amide bonds. The fourth-order valence-corrected chi connectivity index (χ4v) is 3.87. The van der Waals surface area contributed by atoms with Crippen LogP contribution in [0.25, 0.3) is 6.08 Å². The third kappa shape index (κ3) is 6.39. The fourth-order valence-electron chi connectivity index (χ4n) is 3.87. The van der Waals surface area contributed by atoms with Crippen molar-refractivity contribution in [1.82, 2.24) is 0 Å². The first kappa shape index (κ1) is 24.7. The van der Waals surface area contributed by atoms with Gasteiger partial charge < -0.3 is 19.7 Å². The fraction of sp³-hybridized carbons (Fsp3) is 0.207. The predicted octanol–water partition coefficient (Wildman–Crippen LogP) is 5.13. The van der Waals surface area contributed by atoms with E-state index in [1.54, 1.807) is 65.6 Å². The van der Waals surface area contributed by atoms with Gasteiger partial charge >= 0.3 is 0 Å². The van der Waals surface area contributed by atoms with Crippen molar-refractivity contribution in [1.29, 1.82) is 0 Å². The van der Waals surface area contributed by atoms with Crippen molar-refractivity contribution in [2.24, 2.45) is 0 Å².